The number of sulfone groups is 1. The van der Waals surface area contributed by atoms with Crippen LogP contribution in [-0.4, -0.2) is 50.6 Å². The molecule has 0 aliphatic heterocycles. The van der Waals surface area contributed by atoms with E-state index in [2.05, 4.69) is 15.4 Å². The van der Waals surface area contributed by atoms with Gasteiger partial charge in [-0.05, 0) is 28.8 Å². The maximum atomic E-state index is 12.4. The molecule has 1 aromatic carbocycles. The van der Waals surface area contributed by atoms with Gasteiger partial charge in [0.15, 0.2) is 9.84 Å². The van der Waals surface area contributed by atoms with Crippen molar-refractivity contribution in [1.29, 1.82) is 0 Å². The van der Waals surface area contributed by atoms with Crippen LogP contribution in [0.25, 0.3) is 22.5 Å². The number of carbonyl (C=O) groups is 1. The van der Waals surface area contributed by atoms with Gasteiger partial charge >= 0.3 is 0 Å². The predicted molar refractivity (Wildman–Crippen MR) is 106 cm³/mol. The number of hydrogen-bond donors (Lipinski definition) is 1. The van der Waals surface area contributed by atoms with Crippen molar-refractivity contribution in [1.82, 2.24) is 24.8 Å². The molecule has 0 radical (unpaired) electrons. The fourth-order valence-corrected chi connectivity index (χ4v) is 3.86. The Morgan fingerprint density at radius 2 is 1.79 bits per heavy atom. The molecule has 3 rings (SSSR count). The highest BCUT2D eigenvalue weighted by molar-refractivity contribution is 7.92. The van der Waals surface area contributed by atoms with Gasteiger partial charge in [0.25, 0.3) is 5.56 Å². The van der Waals surface area contributed by atoms with E-state index in [0.717, 1.165) is 17.4 Å². The summed E-state index contributed by atoms with van der Waals surface area (Å²) < 4.78 is 24.6. The Labute approximate surface area is 166 Å². The number of nitrogens with zero attached hydrogens (tertiary/aromatic N) is 5. The fourth-order valence-electron chi connectivity index (χ4n) is 2.91. The predicted octanol–water partition coefficient (Wildman–Crippen LogP) is -0.00560. The molecule has 0 fully saturated rings. The highest BCUT2D eigenvalue weighted by Crippen LogP contribution is 2.21. The minimum Gasteiger partial charge on any atom is -0.369 e. The van der Waals surface area contributed by atoms with Crippen molar-refractivity contribution in [2.24, 2.45) is 12.8 Å². The van der Waals surface area contributed by atoms with Crippen LogP contribution in [0.3, 0.4) is 0 Å². The second-order valence-corrected chi connectivity index (χ2v) is 8.86. The van der Waals surface area contributed by atoms with Crippen LogP contribution < -0.4 is 11.3 Å². The minimum atomic E-state index is -3.63. The van der Waals surface area contributed by atoms with Gasteiger partial charge in [-0.2, -0.15) is 4.80 Å². The van der Waals surface area contributed by atoms with Crippen LogP contribution in [-0.2, 0) is 28.2 Å². The largest absolute Gasteiger partial charge is 0.369 e. The molecule has 152 valence electrons. The van der Waals surface area contributed by atoms with E-state index in [9.17, 15) is 18.0 Å². The molecule has 1 amide bonds. The molecule has 11 heteroatoms. The molecular weight excluding hydrogens is 396 g/mol. The molecule has 3 aromatic rings. The SMILES string of the molecule is Cn1nnc(-c2ccc(-c3ccn(CCC(C(N)=O)S(C)(=O)=O)c(=O)c3)cc2)n1. The maximum absolute atomic E-state index is 12.4. The summed E-state index contributed by atoms with van der Waals surface area (Å²) in [5, 5.41) is 10.6. The Morgan fingerprint density at radius 3 is 2.31 bits per heavy atom. The van der Waals surface area contributed by atoms with E-state index in [1.54, 1.807) is 19.3 Å². The number of benzene rings is 1. The molecule has 0 aliphatic carbocycles. The zero-order valence-corrected chi connectivity index (χ0v) is 16.7. The molecule has 2 N–H and O–H groups in total. The molecule has 2 heterocycles. The zero-order valence-electron chi connectivity index (χ0n) is 15.9. The Hall–Kier alpha value is -3.34. The van der Waals surface area contributed by atoms with Gasteiger partial charge in [0.05, 0.1) is 7.05 Å². The van der Waals surface area contributed by atoms with Crippen LogP contribution in [0.4, 0.5) is 0 Å². The number of aromatic nitrogens is 5. The monoisotopic (exact) mass is 416 g/mol. The summed E-state index contributed by atoms with van der Waals surface area (Å²) in [7, 11) is -1.95. The second-order valence-electron chi connectivity index (χ2n) is 6.64. The molecule has 29 heavy (non-hydrogen) atoms. The lowest BCUT2D eigenvalue weighted by Gasteiger charge is -2.13. The number of tetrazole rings is 1. The number of aryl methyl sites for hydroxylation is 2. The minimum absolute atomic E-state index is 0.0623. The van der Waals surface area contributed by atoms with Crippen molar-refractivity contribution in [3.63, 3.8) is 0 Å². The summed E-state index contributed by atoms with van der Waals surface area (Å²) in [6.07, 6.45) is 2.46. The third-order valence-electron chi connectivity index (χ3n) is 4.45. The van der Waals surface area contributed by atoms with E-state index < -0.39 is 21.0 Å². The van der Waals surface area contributed by atoms with Crippen molar-refractivity contribution in [3.05, 3.63) is 52.9 Å². The number of primary amides is 1. The van der Waals surface area contributed by atoms with E-state index in [1.807, 2.05) is 24.3 Å². The van der Waals surface area contributed by atoms with E-state index in [-0.39, 0.29) is 18.5 Å². The lowest BCUT2D eigenvalue weighted by Crippen LogP contribution is -2.36. The first-order chi connectivity index (χ1) is 13.6. The molecule has 0 saturated carbocycles. The molecule has 0 saturated heterocycles. The highest BCUT2D eigenvalue weighted by atomic mass is 32.2. The first-order valence-electron chi connectivity index (χ1n) is 8.68. The van der Waals surface area contributed by atoms with Gasteiger partial charge in [-0.3, -0.25) is 9.59 Å². The van der Waals surface area contributed by atoms with Crippen molar-refractivity contribution in [2.45, 2.75) is 18.2 Å². The highest BCUT2D eigenvalue weighted by Gasteiger charge is 2.26. The van der Waals surface area contributed by atoms with Crippen LogP contribution in [0, 0.1) is 0 Å². The fraction of sp³-hybridized carbons (Fsp3) is 0.278. The average molecular weight is 416 g/mol. The summed E-state index contributed by atoms with van der Waals surface area (Å²) in [5.41, 5.74) is 7.19. The first-order valence-corrected chi connectivity index (χ1v) is 10.6. The molecule has 0 bridgehead atoms. The smallest absolute Gasteiger partial charge is 0.251 e. The van der Waals surface area contributed by atoms with Gasteiger partial charge in [0.2, 0.25) is 11.7 Å². The van der Waals surface area contributed by atoms with Crippen molar-refractivity contribution >= 4 is 15.7 Å². The molecule has 0 aliphatic rings. The Morgan fingerprint density at radius 1 is 1.14 bits per heavy atom. The number of rotatable bonds is 7. The Balaban J connectivity index is 1.77. The van der Waals surface area contributed by atoms with Crippen LogP contribution in [0.5, 0.6) is 0 Å². The van der Waals surface area contributed by atoms with Gasteiger partial charge in [-0.15, -0.1) is 10.2 Å². The molecular formula is C18H20N6O4S. The van der Waals surface area contributed by atoms with Crippen molar-refractivity contribution in [2.75, 3.05) is 6.26 Å². The number of hydrogen-bond acceptors (Lipinski definition) is 7. The summed E-state index contributed by atoms with van der Waals surface area (Å²) in [4.78, 5) is 25.1. The molecule has 1 unspecified atom stereocenters. The Bertz CT molecular complexity index is 1200. The topological polar surface area (TPSA) is 143 Å². The average Bonchev–Trinajstić information content (AvgIpc) is 3.08. The van der Waals surface area contributed by atoms with Crippen LogP contribution in [0.2, 0.25) is 0 Å². The summed E-state index contributed by atoms with van der Waals surface area (Å²) in [6.45, 7) is 0.0665. The van der Waals surface area contributed by atoms with E-state index in [4.69, 9.17) is 5.73 Å². The summed E-state index contributed by atoms with van der Waals surface area (Å²) in [6, 6.07) is 10.6. The van der Waals surface area contributed by atoms with Crippen LogP contribution in [0.1, 0.15) is 6.42 Å². The van der Waals surface area contributed by atoms with Crippen LogP contribution >= 0.6 is 0 Å². The molecule has 1 atom stereocenters. The number of pyridine rings is 1. The number of carbonyl (C=O) groups excluding carboxylic acids is 1. The second kappa shape index (κ2) is 7.95. The first kappa shape index (κ1) is 20.4. The standard InChI is InChI=1S/C18H20N6O4S/c1-23-21-18(20-22-23)13-5-3-12(4-6-13)14-7-9-24(16(25)11-14)10-8-15(17(19)26)29(2,27)28/h3-7,9,11,15H,8,10H2,1-2H3,(H2,19,26). The van der Waals surface area contributed by atoms with Gasteiger partial charge in [0, 0.05) is 30.6 Å². The summed E-state index contributed by atoms with van der Waals surface area (Å²) >= 11 is 0. The van der Waals surface area contributed by atoms with Gasteiger partial charge in [-0.1, -0.05) is 24.3 Å². The van der Waals surface area contributed by atoms with Crippen molar-refractivity contribution in [3.8, 4) is 22.5 Å². The number of amides is 1. The quantitative estimate of drug-likeness (QED) is 0.571. The summed E-state index contributed by atoms with van der Waals surface area (Å²) in [5.74, 6) is -0.417. The maximum Gasteiger partial charge on any atom is 0.251 e. The lowest BCUT2D eigenvalue weighted by molar-refractivity contribution is -0.117. The molecule has 0 spiro atoms. The van der Waals surface area contributed by atoms with Gasteiger partial charge in [-0.25, -0.2) is 8.42 Å². The zero-order chi connectivity index (χ0) is 21.2. The molecule has 2 aromatic heterocycles. The van der Waals surface area contributed by atoms with E-state index in [1.165, 1.54) is 15.4 Å². The van der Waals surface area contributed by atoms with Crippen molar-refractivity contribution < 1.29 is 13.2 Å². The molecule has 10 nitrogen and oxygen atoms in total. The van der Waals surface area contributed by atoms with E-state index >= 15 is 0 Å². The van der Waals surface area contributed by atoms with Crippen LogP contribution in [0.15, 0.2) is 47.4 Å². The van der Waals surface area contributed by atoms with E-state index in [0.29, 0.717) is 11.4 Å². The van der Waals surface area contributed by atoms with Gasteiger partial charge < -0.3 is 10.3 Å². The lowest BCUT2D eigenvalue weighted by atomic mass is 10.0. The number of nitrogens with two attached hydrogens (primary N) is 1. The normalized spacial score (nSPS) is 12.6. The third-order valence-corrected chi connectivity index (χ3v) is 5.95. The Kier molecular flexibility index (Phi) is 5.59. The third kappa shape index (κ3) is 4.74. The van der Waals surface area contributed by atoms with Gasteiger partial charge in [0.1, 0.15) is 5.25 Å².